The SMILES string of the molecule is c1ccc(CCn2nncc2C2CCNCC2OCc2ccc3ccccc3c2)cc1. The predicted octanol–water partition coefficient (Wildman–Crippen LogP) is 4.34. The summed E-state index contributed by atoms with van der Waals surface area (Å²) in [7, 11) is 0. The van der Waals surface area contributed by atoms with E-state index in [9.17, 15) is 0 Å². The summed E-state index contributed by atoms with van der Waals surface area (Å²) in [5.74, 6) is 0.299. The summed E-state index contributed by atoms with van der Waals surface area (Å²) in [5.41, 5.74) is 3.71. The van der Waals surface area contributed by atoms with Crippen LogP contribution < -0.4 is 5.32 Å². The molecule has 0 radical (unpaired) electrons. The smallest absolute Gasteiger partial charge is 0.0788 e. The van der Waals surface area contributed by atoms with E-state index in [1.807, 2.05) is 6.20 Å². The van der Waals surface area contributed by atoms with Crippen molar-refractivity contribution >= 4 is 10.8 Å². The topological polar surface area (TPSA) is 52.0 Å². The van der Waals surface area contributed by atoms with E-state index in [0.717, 1.165) is 32.5 Å². The van der Waals surface area contributed by atoms with Gasteiger partial charge in [-0.2, -0.15) is 0 Å². The van der Waals surface area contributed by atoms with Gasteiger partial charge in [0.2, 0.25) is 0 Å². The standard InChI is InChI=1S/C26H28N4O/c1-2-6-20(7-3-1)13-15-30-25(17-28-29-30)24-12-14-27-18-26(24)31-19-21-10-11-22-8-4-5-9-23(22)16-21/h1-11,16-17,24,26-27H,12-15,18-19H2. The second-order valence-electron chi connectivity index (χ2n) is 8.25. The first-order valence-electron chi connectivity index (χ1n) is 11.1. The Morgan fingerprint density at radius 1 is 0.935 bits per heavy atom. The Morgan fingerprint density at radius 3 is 2.68 bits per heavy atom. The Bertz CT molecular complexity index is 1120. The van der Waals surface area contributed by atoms with Crippen LogP contribution in [0.4, 0.5) is 0 Å². The molecule has 0 bridgehead atoms. The third-order valence-electron chi connectivity index (χ3n) is 6.19. The second-order valence-corrected chi connectivity index (χ2v) is 8.25. The average molecular weight is 413 g/mol. The molecule has 1 N–H and O–H groups in total. The van der Waals surface area contributed by atoms with Crippen molar-refractivity contribution in [2.75, 3.05) is 13.1 Å². The Balaban J connectivity index is 1.28. The average Bonchev–Trinajstić information content (AvgIpc) is 3.30. The molecule has 1 saturated heterocycles. The van der Waals surface area contributed by atoms with Crippen LogP contribution in [0.5, 0.6) is 0 Å². The molecule has 0 amide bonds. The van der Waals surface area contributed by atoms with Gasteiger partial charge in [0, 0.05) is 19.0 Å². The van der Waals surface area contributed by atoms with Crippen molar-refractivity contribution in [1.29, 1.82) is 0 Å². The largest absolute Gasteiger partial charge is 0.372 e. The summed E-state index contributed by atoms with van der Waals surface area (Å²) in [5, 5.41) is 14.6. The van der Waals surface area contributed by atoms with Crippen LogP contribution >= 0.6 is 0 Å². The van der Waals surface area contributed by atoms with E-state index in [1.54, 1.807) is 0 Å². The Labute approximate surface area is 183 Å². The van der Waals surface area contributed by atoms with E-state index in [1.165, 1.54) is 27.6 Å². The number of nitrogens with zero attached hydrogens (tertiary/aromatic N) is 3. The second kappa shape index (κ2) is 9.41. The number of piperidine rings is 1. The molecule has 2 heterocycles. The van der Waals surface area contributed by atoms with Crippen molar-refractivity contribution < 1.29 is 4.74 Å². The van der Waals surface area contributed by atoms with Crippen molar-refractivity contribution in [3.63, 3.8) is 0 Å². The molecule has 1 fully saturated rings. The van der Waals surface area contributed by atoms with E-state index < -0.39 is 0 Å². The van der Waals surface area contributed by atoms with Gasteiger partial charge in [0.05, 0.1) is 24.6 Å². The van der Waals surface area contributed by atoms with Gasteiger partial charge >= 0.3 is 0 Å². The number of aromatic nitrogens is 3. The van der Waals surface area contributed by atoms with E-state index in [0.29, 0.717) is 12.5 Å². The van der Waals surface area contributed by atoms with Gasteiger partial charge in [0.25, 0.3) is 0 Å². The molecule has 0 aliphatic carbocycles. The van der Waals surface area contributed by atoms with Crippen LogP contribution in [0.25, 0.3) is 10.8 Å². The molecule has 2 unspecified atom stereocenters. The summed E-state index contributed by atoms with van der Waals surface area (Å²) in [6, 6.07) is 25.6. The quantitative estimate of drug-likeness (QED) is 0.491. The highest BCUT2D eigenvalue weighted by Gasteiger charge is 2.30. The first kappa shape index (κ1) is 19.9. The highest BCUT2D eigenvalue weighted by molar-refractivity contribution is 5.82. The Hall–Kier alpha value is -3.02. The molecule has 3 aromatic carbocycles. The Kier molecular flexibility index (Phi) is 6.05. The molecular weight excluding hydrogens is 384 g/mol. The monoisotopic (exact) mass is 412 g/mol. The van der Waals surface area contributed by atoms with E-state index in [2.05, 4.69) is 93.1 Å². The summed E-state index contributed by atoms with van der Waals surface area (Å²) in [6.45, 7) is 3.28. The zero-order valence-corrected chi connectivity index (χ0v) is 17.7. The zero-order chi connectivity index (χ0) is 20.9. The van der Waals surface area contributed by atoms with Crippen LogP contribution in [0.15, 0.2) is 79.0 Å². The third kappa shape index (κ3) is 4.68. The van der Waals surface area contributed by atoms with Crippen LogP contribution in [0.3, 0.4) is 0 Å². The lowest BCUT2D eigenvalue weighted by molar-refractivity contribution is 0.00868. The minimum Gasteiger partial charge on any atom is -0.372 e. The molecule has 5 rings (SSSR count). The van der Waals surface area contributed by atoms with Gasteiger partial charge in [-0.3, -0.25) is 0 Å². The highest BCUT2D eigenvalue weighted by Crippen LogP contribution is 2.28. The molecule has 1 aliphatic heterocycles. The first-order chi connectivity index (χ1) is 15.4. The van der Waals surface area contributed by atoms with Crippen molar-refractivity contribution in [1.82, 2.24) is 20.3 Å². The van der Waals surface area contributed by atoms with E-state index in [-0.39, 0.29) is 6.10 Å². The maximum atomic E-state index is 6.44. The third-order valence-corrected chi connectivity index (χ3v) is 6.19. The molecule has 1 aromatic heterocycles. The lowest BCUT2D eigenvalue weighted by Gasteiger charge is -2.32. The summed E-state index contributed by atoms with van der Waals surface area (Å²) in [6.07, 6.45) is 4.01. The molecule has 0 saturated carbocycles. The van der Waals surface area contributed by atoms with Crippen LogP contribution in [-0.4, -0.2) is 34.2 Å². The maximum absolute atomic E-state index is 6.44. The number of benzene rings is 3. The van der Waals surface area contributed by atoms with Gasteiger partial charge in [0.1, 0.15) is 0 Å². The van der Waals surface area contributed by atoms with E-state index >= 15 is 0 Å². The molecule has 5 nitrogen and oxygen atoms in total. The number of hydrogen-bond acceptors (Lipinski definition) is 4. The maximum Gasteiger partial charge on any atom is 0.0788 e. The lowest BCUT2D eigenvalue weighted by atomic mass is 9.91. The van der Waals surface area contributed by atoms with Gasteiger partial charge < -0.3 is 10.1 Å². The molecule has 5 heteroatoms. The van der Waals surface area contributed by atoms with Crippen LogP contribution in [0, 0.1) is 0 Å². The molecule has 4 aromatic rings. The fraction of sp³-hybridized carbons (Fsp3) is 0.308. The molecule has 1 aliphatic rings. The van der Waals surface area contributed by atoms with Crippen molar-refractivity contribution in [2.24, 2.45) is 0 Å². The number of rotatable bonds is 7. The fourth-order valence-electron chi connectivity index (χ4n) is 4.48. The number of fused-ring (bicyclic) bond motifs is 1. The summed E-state index contributed by atoms with van der Waals surface area (Å²) < 4.78 is 8.51. The van der Waals surface area contributed by atoms with Gasteiger partial charge in [-0.05, 0) is 47.4 Å². The van der Waals surface area contributed by atoms with Gasteiger partial charge in [0.15, 0.2) is 0 Å². The predicted molar refractivity (Wildman–Crippen MR) is 123 cm³/mol. The molecule has 0 spiro atoms. The number of nitrogens with one attached hydrogen (secondary N) is 1. The van der Waals surface area contributed by atoms with Crippen molar-refractivity contribution in [3.8, 4) is 0 Å². The molecule has 158 valence electrons. The lowest BCUT2D eigenvalue weighted by Crippen LogP contribution is -2.41. The first-order valence-corrected chi connectivity index (χ1v) is 11.1. The van der Waals surface area contributed by atoms with Crippen LogP contribution in [0.2, 0.25) is 0 Å². The molecule has 31 heavy (non-hydrogen) atoms. The Morgan fingerprint density at radius 2 is 1.77 bits per heavy atom. The van der Waals surface area contributed by atoms with Gasteiger partial charge in [-0.1, -0.05) is 71.9 Å². The van der Waals surface area contributed by atoms with Gasteiger partial charge in [-0.15, -0.1) is 5.10 Å². The number of ether oxygens (including phenoxy) is 1. The normalized spacial score (nSPS) is 19.0. The van der Waals surface area contributed by atoms with Crippen LogP contribution in [-0.2, 0) is 24.3 Å². The molecule has 2 atom stereocenters. The van der Waals surface area contributed by atoms with Crippen LogP contribution in [0.1, 0.15) is 29.2 Å². The molecular formula is C26H28N4O. The minimum absolute atomic E-state index is 0.106. The van der Waals surface area contributed by atoms with Crippen molar-refractivity contribution in [2.45, 2.75) is 38.0 Å². The van der Waals surface area contributed by atoms with Gasteiger partial charge in [-0.25, -0.2) is 4.68 Å². The summed E-state index contributed by atoms with van der Waals surface area (Å²) in [4.78, 5) is 0. The summed E-state index contributed by atoms with van der Waals surface area (Å²) >= 11 is 0. The van der Waals surface area contributed by atoms with Crippen molar-refractivity contribution in [3.05, 3.63) is 95.8 Å². The number of aryl methyl sites for hydroxylation is 2. The fourth-order valence-corrected chi connectivity index (χ4v) is 4.48. The van der Waals surface area contributed by atoms with E-state index in [4.69, 9.17) is 4.74 Å². The zero-order valence-electron chi connectivity index (χ0n) is 17.7. The number of hydrogen-bond donors (Lipinski definition) is 1. The highest BCUT2D eigenvalue weighted by atomic mass is 16.5. The minimum atomic E-state index is 0.106.